The Balaban J connectivity index is 1.87. The second-order valence-corrected chi connectivity index (χ2v) is 12.7. The molecule has 10 atom stereocenters. The maximum atomic E-state index is 13.7. The second-order valence-electron chi connectivity index (χ2n) is 12.7. The molecule has 0 aliphatic carbocycles. The highest BCUT2D eigenvalue weighted by atomic mass is 19.4. The monoisotopic (exact) mass is 833 g/mol. The number of carbonyl (C=O) groups is 7. The van der Waals surface area contributed by atoms with Crippen LogP contribution in [0.2, 0.25) is 0 Å². The normalized spacial score (nSPS) is 27.0. The molecule has 2 saturated heterocycles. The van der Waals surface area contributed by atoms with E-state index >= 15 is 0 Å². The Bertz CT molecular complexity index is 1970. The number of fused-ring (bicyclic) bond motifs is 1. The molecule has 2 aliphatic rings. The second kappa shape index (κ2) is 18.6. The van der Waals surface area contributed by atoms with Gasteiger partial charge in [-0.1, -0.05) is 0 Å². The van der Waals surface area contributed by atoms with Gasteiger partial charge in [-0.15, -0.1) is 0 Å². The summed E-state index contributed by atoms with van der Waals surface area (Å²) in [6.45, 7) is 5.33. The lowest BCUT2D eigenvalue weighted by Crippen LogP contribution is -2.70. The van der Waals surface area contributed by atoms with Crippen molar-refractivity contribution in [1.29, 1.82) is 0 Å². The average molecular weight is 834 g/mol. The van der Waals surface area contributed by atoms with Crippen molar-refractivity contribution in [3.63, 3.8) is 0 Å². The molecule has 58 heavy (non-hydrogen) atoms. The number of hydrogen-bond donors (Lipinski definition) is 1. The largest absolute Gasteiger partial charge is 0.471 e. The zero-order valence-electron chi connectivity index (χ0n) is 31.7. The van der Waals surface area contributed by atoms with E-state index in [4.69, 9.17) is 51.8 Å². The van der Waals surface area contributed by atoms with Crippen LogP contribution in [0.4, 0.5) is 13.2 Å². The highest BCUT2D eigenvalue weighted by Gasteiger charge is 2.59. The van der Waals surface area contributed by atoms with Crippen LogP contribution < -0.4 is 15.7 Å². The number of amides is 1. The highest BCUT2D eigenvalue weighted by Crippen LogP contribution is 2.36. The van der Waals surface area contributed by atoms with Gasteiger partial charge in [0.15, 0.2) is 30.7 Å². The summed E-state index contributed by atoms with van der Waals surface area (Å²) < 4.78 is 101. The van der Waals surface area contributed by atoms with Crippen LogP contribution in [-0.4, -0.2) is 123 Å². The minimum absolute atomic E-state index is 0.0451. The first-order chi connectivity index (χ1) is 27.1. The van der Waals surface area contributed by atoms with Crippen molar-refractivity contribution in [3.05, 3.63) is 40.2 Å². The molecule has 1 aromatic carbocycles. The van der Waals surface area contributed by atoms with Crippen molar-refractivity contribution in [3.8, 4) is 5.75 Å². The molecule has 0 radical (unpaired) electrons. The van der Waals surface area contributed by atoms with Crippen LogP contribution in [-0.2, 0) is 76.2 Å². The molecule has 2 aliphatic heterocycles. The molecule has 0 spiro atoms. The van der Waals surface area contributed by atoms with Crippen LogP contribution in [0.5, 0.6) is 5.75 Å². The number of benzene rings is 1. The summed E-state index contributed by atoms with van der Waals surface area (Å²) in [5, 5.41) is 2.07. The van der Waals surface area contributed by atoms with Crippen LogP contribution in [0.3, 0.4) is 0 Å². The summed E-state index contributed by atoms with van der Waals surface area (Å²) >= 11 is 0. The zero-order chi connectivity index (χ0) is 43.2. The molecule has 4 rings (SSSR count). The number of nitrogens with one attached hydrogen (secondary N) is 1. The van der Waals surface area contributed by atoms with Gasteiger partial charge in [0.1, 0.15) is 36.2 Å². The molecule has 0 unspecified atom stereocenters. The molecular formula is C35H38F3NO19. The molecule has 1 N–H and O–H groups in total. The molecule has 20 nitrogen and oxygen atoms in total. The summed E-state index contributed by atoms with van der Waals surface area (Å²) in [4.78, 5) is 99.4. The van der Waals surface area contributed by atoms with Crippen molar-refractivity contribution in [2.75, 3.05) is 13.7 Å². The topological polar surface area (TPSA) is 254 Å². The Labute approximate surface area is 325 Å². The van der Waals surface area contributed by atoms with Gasteiger partial charge in [-0.25, -0.2) is 9.59 Å². The molecule has 1 amide bonds. The quantitative estimate of drug-likeness (QED) is 0.176. The Morgan fingerprint density at radius 1 is 0.741 bits per heavy atom. The standard InChI is InChI=1S/C35H38F3NO19/c1-13-10-23(45)55-21-11-19(8-9-20(13)21)54-33-30(53-18(6)44)28(52-17(5)43)27(29(58-33)31(46)48-7)57-32-24(39-34(47)35(36,37)38)26(51-16(4)42)25(50-15(3)41)22(56-32)12-49-14(2)40/h8-11,22,24-30,32-33H,12H2,1-7H3,(H,39,47)/t22-,24-,25-,26-,27+,28+,29+,30-,32-,33-/m1/s1. The number of alkyl halides is 3. The predicted molar refractivity (Wildman–Crippen MR) is 179 cm³/mol. The molecule has 0 saturated carbocycles. The summed E-state index contributed by atoms with van der Waals surface area (Å²) in [6.07, 6.45) is -23.7. The van der Waals surface area contributed by atoms with Gasteiger partial charge in [0.05, 0.1) is 7.11 Å². The number of carbonyl (C=O) groups excluding carboxylic acids is 7. The van der Waals surface area contributed by atoms with Crippen molar-refractivity contribution < 1.29 is 98.5 Å². The van der Waals surface area contributed by atoms with Crippen LogP contribution in [0.15, 0.2) is 33.5 Å². The van der Waals surface area contributed by atoms with Gasteiger partial charge in [0.25, 0.3) is 0 Å². The first kappa shape index (κ1) is 44.9. The van der Waals surface area contributed by atoms with Gasteiger partial charge in [0, 0.05) is 52.1 Å². The number of aryl methyl sites for hydroxylation is 1. The molecule has 3 heterocycles. The summed E-state index contributed by atoms with van der Waals surface area (Å²) in [7, 11) is 0.893. The van der Waals surface area contributed by atoms with Gasteiger partial charge >= 0.3 is 53.5 Å². The average Bonchev–Trinajstić information content (AvgIpc) is 3.10. The first-order valence-corrected chi connectivity index (χ1v) is 17.0. The maximum absolute atomic E-state index is 13.7. The SMILES string of the molecule is COC(=O)[C@H]1O[C@@H](Oc2ccc3c(C)cc(=O)oc3c2)[C@H](OC(C)=O)[C@@H](OC(C)=O)[C@@H]1O[C@H]1O[C@H](COC(C)=O)[C@@H](OC(C)=O)[C@H](OC(C)=O)[C@H]1NC(=O)C(F)(F)F. The number of esters is 6. The molecular weight excluding hydrogens is 795 g/mol. The van der Waals surface area contributed by atoms with Crippen LogP contribution in [0.1, 0.15) is 40.2 Å². The summed E-state index contributed by atoms with van der Waals surface area (Å²) in [5.74, 6) is -9.36. The Kier molecular flexibility index (Phi) is 14.4. The van der Waals surface area contributed by atoms with E-state index in [1.54, 1.807) is 12.2 Å². The van der Waals surface area contributed by atoms with Gasteiger partial charge in [0.2, 0.25) is 12.4 Å². The lowest BCUT2D eigenvalue weighted by molar-refractivity contribution is -0.335. The highest BCUT2D eigenvalue weighted by molar-refractivity contribution is 5.82. The van der Waals surface area contributed by atoms with E-state index < -0.39 is 121 Å². The van der Waals surface area contributed by atoms with E-state index in [1.807, 2.05) is 0 Å². The van der Waals surface area contributed by atoms with Gasteiger partial charge in [-0.2, -0.15) is 13.2 Å². The van der Waals surface area contributed by atoms with E-state index in [2.05, 4.69) is 0 Å². The maximum Gasteiger partial charge on any atom is 0.471 e. The van der Waals surface area contributed by atoms with Crippen LogP contribution in [0.25, 0.3) is 11.0 Å². The third-order valence-corrected chi connectivity index (χ3v) is 8.26. The number of rotatable bonds is 12. The van der Waals surface area contributed by atoms with Gasteiger partial charge < -0.3 is 57.1 Å². The Morgan fingerprint density at radius 3 is 1.90 bits per heavy atom. The van der Waals surface area contributed by atoms with Gasteiger partial charge in [-0.3, -0.25) is 28.8 Å². The summed E-state index contributed by atoms with van der Waals surface area (Å²) in [6, 6.07) is 3.11. The molecule has 1 aromatic heterocycles. The van der Waals surface area contributed by atoms with E-state index in [0.717, 1.165) is 41.7 Å². The number of halogens is 3. The van der Waals surface area contributed by atoms with Gasteiger partial charge in [-0.05, 0) is 24.6 Å². The fourth-order valence-corrected chi connectivity index (χ4v) is 6.08. The lowest BCUT2D eigenvalue weighted by atomic mass is 9.94. The lowest BCUT2D eigenvalue weighted by Gasteiger charge is -2.48. The Morgan fingerprint density at radius 2 is 1.33 bits per heavy atom. The Hall–Kier alpha value is -5.81. The van der Waals surface area contributed by atoms with E-state index in [1.165, 1.54) is 24.3 Å². The zero-order valence-corrected chi connectivity index (χ0v) is 31.7. The molecule has 2 aromatic rings. The molecule has 2 fully saturated rings. The fraction of sp³-hybridized carbons (Fsp3) is 0.543. The fourth-order valence-electron chi connectivity index (χ4n) is 6.08. The van der Waals surface area contributed by atoms with Crippen molar-refractivity contribution in [1.82, 2.24) is 5.32 Å². The smallest absolute Gasteiger partial charge is 0.467 e. The molecule has 23 heteroatoms. The summed E-state index contributed by atoms with van der Waals surface area (Å²) in [5.41, 5.74) is -0.108. The van der Waals surface area contributed by atoms with E-state index in [-0.39, 0.29) is 11.3 Å². The minimum Gasteiger partial charge on any atom is -0.467 e. The predicted octanol–water partition coefficient (Wildman–Crippen LogP) is 0.825. The van der Waals surface area contributed by atoms with Crippen molar-refractivity contribution in [2.24, 2.45) is 0 Å². The molecule has 0 bridgehead atoms. The first-order valence-electron chi connectivity index (χ1n) is 17.0. The third-order valence-electron chi connectivity index (χ3n) is 8.26. The number of ether oxygens (including phenoxy) is 10. The van der Waals surface area contributed by atoms with Crippen molar-refractivity contribution >= 4 is 52.7 Å². The number of methoxy groups -OCH3 is 1. The third kappa shape index (κ3) is 11.2. The molecule has 318 valence electrons. The minimum atomic E-state index is -5.59. The van der Waals surface area contributed by atoms with Crippen LogP contribution >= 0.6 is 0 Å². The van der Waals surface area contributed by atoms with E-state index in [9.17, 15) is 51.5 Å². The van der Waals surface area contributed by atoms with E-state index in [0.29, 0.717) is 10.9 Å². The van der Waals surface area contributed by atoms with Crippen molar-refractivity contribution in [2.45, 2.75) is 109 Å². The van der Waals surface area contributed by atoms with Crippen LogP contribution in [0, 0.1) is 6.92 Å². The number of hydrogen-bond acceptors (Lipinski definition) is 19.